The Morgan fingerprint density at radius 1 is 1.28 bits per heavy atom. The van der Waals surface area contributed by atoms with Crippen LogP contribution in [-0.4, -0.2) is 13.2 Å². The van der Waals surface area contributed by atoms with Crippen molar-refractivity contribution >= 4 is 15.9 Å². The fraction of sp³-hybridized carbons (Fsp3) is 0.571. The number of hydrogen-bond acceptors (Lipinski definition) is 3. The van der Waals surface area contributed by atoms with Gasteiger partial charge < -0.3 is 15.2 Å². The van der Waals surface area contributed by atoms with E-state index in [2.05, 4.69) is 29.8 Å². The zero-order valence-corrected chi connectivity index (χ0v) is 12.9. The van der Waals surface area contributed by atoms with Crippen LogP contribution in [0.25, 0.3) is 0 Å². The van der Waals surface area contributed by atoms with Crippen molar-refractivity contribution in [2.24, 2.45) is 5.73 Å². The molecule has 0 amide bonds. The van der Waals surface area contributed by atoms with Crippen LogP contribution in [0.15, 0.2) is 10.5 Å². The summed E-state index contributed by atoms with van der Waals surface area (Å²) >= 11 is 3.65. The average Bonchev–Trinajstić information content (AvgIpc) is 2.27. The number of ether oxygens (including phenoxy) is 2. The van der Waals surface area contributed by atoms with Crippen molar-refractivity contribution < 1.29 is 9.47 Å². The van der Waals surface area contributed by atoms with E-state index >= 15 is 0 Å². The molecular formula is C14H20BrNO2. The summed E-state index contributed by atoms with van der Waals surface area (Å²) in [6.45, 7) is 9.52. The summed E-state index contributed by atoms with van der Waals surface area (Å²) in [7, 11) is 0. The van der Waals surface area contributed by atoms with Crippen molar-refractivity contribution in [3.63, 3.8) is 0 Å². The topological polar surface area (TPSA) is 44.5 Å². The minimum atomic E-state index is -0.405. The van der Waals surface area contributed by atoms with Crippen LogP contribution in [0.5, 0.6) is 11.5 Å². The Morgan fingerprint density at radius 2 is 1.89 bits per heavy atom. The van der Waals surface area contributed by atoms with Gasteiger partial charge in [-0.05, 0) is 52.9 Å². The first-order valence-corrected chi connectivity index (χ1v) is 7.03. The summed E-state index contributed by atoms with van der Waals surface area (Å²) < 4.78 is 12.3. The van der Waals surface area contributed by atoms with Gasteiger partial charge in [-0.15, -0.1) is 0 Å². The van der Waals surface area contributed by atoms with Crippen LogP contribution in [0, 0.1) is 0 Å². The number of nitrogens with two attached hydrogens (primary N) is 1. The zero-order valence-electron chi connectivity index (χ0n) is 11.3. The Hall–Kier alpha value is -0.740. The van der Waals surface area contributed by atoms with Gasteiger partial charge in [-0.2, -0.15) is 0 Å². The molecule has 0 saturated heterocycles. The molecule has 2 N–H and O–H groups in total. The molecule has 0 saturated carbocycles. The molecule has 3 nitrogen and oxygen atoms in total. The number of benzene rings is 1. The summed E-state index contributed by atoms with van der Waals surface area (Å²) in [5.41, 5.74) is 8.18. The molecule has 0 atom stereocenters. The van der Waals surface area contributed by atoms with Gasteiger partial charge in [0, 0.05) is 5.54 Å². The minimum absolute atomic E-state index is 0.369. The first-order valence-electron chi connectivity index (χ1n) is 6.23. The Bertz CT molecular complexity index is 464. The van der Waals surface area contributed by atoms with E-state index in [9.17, 15) is 0 Å². The van der Waals surface area contributed by atoms with E-state index in [0.29, 0.717) is 19.1 Å². The predicted molar refractivity (Wildman–Crippen MR) is 76.4 cm³/mol. The lowest BCUT2D eigenvalue weighted by Crippen LogP contribution is -2.31. The van der Waals surface area contributed by atoms with Gasteiger partial charge in [0.1, 0.15) is 13.2 Å². The lowest BCUT2D eigenvalue weighted by atomic mass is 9.85. The average molecular weight is 314 g/mol. The van der Waals surface area contributed by atoms with Gasteiger partial charge in [0.25, 0.3) is 0 Å². The predicted octanol–water partition coefficient (Wildman–Crippen LogP) is 3.54. The largest absolute Gasteiger partial charge is 0.486 e. The molecule has 1 aliphatic heterocycles. The highest BCUT2D eigenvalue weighted by atomic mass is 79.9. The van der Waals surface area contributed by atoms with E-state index in [0.717, 1.165) is 21.5 Å². The second kappa shape index (κ2) is 4.74. The quantitative estimate of drug-likeness (QED) is 0.908. The summed E-state index contributed by atoms with van der Waals surface area (Å²) in [5, 5.41) is 0. The smallest absolute Gasteiger partial charge is 0.175 e. The van der Waals surface area contributed by atoms with E-state index in [1.165, 1.54) is 5.56 Å². The van der Waals surface area contributed by atoms with E-state index in [1.54, 1.807) is 0 Å². The molecule has 1 aromatic rings. The molecule has 0 radical (unpaired) electrons. The number of hydrogen-bond donors (Lipinski definition) is 1. The fourth-order valence-corrected chi connectivity index (χ4v) is 3.24. The third-order valence-corrected chi connectivity index (χ3v) is 3.87. The fourth-order valence-electron chi connectivity index (χ4n) is 2.26. The molecule has 4 heteroatoms. The highest BCUT2D eigenvalue weighted by Gasteiger charge is 2.28. The van der Waals surface area contributed by atoms with E-state index in [4.69, 9.17) is 15.2 Å². The van der Waals surface area contributed by atoms with Crippen molar-refractivity contribution in [3.05, 3.63) is 21.7 Å². The van der Waals surface area contributed by atoms with Crippen molar-refractivity contribution in [1.82, 2.24) is 0 Å². The van der Waals surface area contributed by atoms with E-state index in [-0.39, 0.29) is 0 Å². The SMILES string of the molecule is CC(C)c1c(C(C)(C)N)cc2c(c1Br)OCCO2. The van der Waals surface area contributed by atoms with Crippen LogP contribution in [0.3, 0.4) is 0 Å². The third kappa shape index (κ3) is 2.36. The van der Waals surface area contributed by atoms with Crippen LogP contribution < -0.4 is 15.2 Å². The lowest BCUT2D eigenvalue weighted by molar-refractivity contribution is 0.169. The second-order valence-electron chi connectivity index (χ2n) is 5.55. The first-order chi connectivity index (χ1) is 8.32. The van der Waals surface area contributed by atoms with E-state index < -0.39 is 5.54 Å². The van der Waals surface area contributed by atoms with Gasteiger partial charge in [-0.25, -0.2) is 0 Å². The number of fused-ring (bicyclic) bond motifs is 1. The summed E-state index contributed by atoms with van der Waals surface area (Å²) in [6.07, 6.45) is 0. The Labute approximate surface area is 117 Å². The first kappa shape index (κ1) is 13.7. The third-order valence-electron chi connectivity index (χ3n) is 3.08. The van der Waals surface area contributed by atoms with Gasteiger partial charge in [-0.1, -0.05) is 13.8 Å². The van der Waals surface area contributed by atoms with Crippen LogP contribution >= 0.6 is 15.9 Å². The van der Waals surface area contributed by atoms with Crippen molar-refractivity contribution in [1.29, 1.82) is 0 Å². The highest BCUT2D eigenvalue weighted by molar-refractivity contribution is 9.10. The second-order valence-corrected chi connectivity index (χ2v) is 6.35. The monoisotopic (exact) mass is 313 g/mol. The number of rotatable bonds is 2. The van der Waals surface area contributed by atoms with Crippen LogP contribution in [0.4, 0.5) is 0 Å². The van der Waals surface area contributed by atoms with Gasteiger partial charge in [-0.3, -0.25) is 0 Å². The Morgan fingerprint density at radius 3 is 2.44 bits per heavy atom. The molecule has 1 aliphatic rings. The molecule has 0 bridgehead atoms. The van der Waals surface area contributed by atoms with E-state index in [1.807, 2.05) is 19.9 Å². The van der Waals surface area contributed by atoms with Crippen LogP contribution in [0.1, 0.15) is 44.7 Å². The van der Waals surface area contributed by atoms with Gasteiger partial charge >= 0.3 is 0 Å². The maximum absolute atomic E-state index is 6.28. The van der Waals surface area contributed by atoms with Gasteiger partial charge in [0.2, 0.25) is 0 Å². The summed E-state index contributed by atoms with van der Waals surface area (Å²) in [5.74, 6) is 1.96. The zero-order chi connectivity index (χ0) is 13.5. The van der Waals surface area contributed by atoms with Gasteiger partial charge in [0.15, 0.2) is 11.5 Å². The lowest BCUT2D eigenvalue weighted by Gasteiger charge is -2.30. The molecule has 0 unspecified atom stereocenters. The van der Waals surface area contributed by atoms with Crippen molar-refractivity contribution in [2.75, 3.05) is 13.2 Å². The molecule has 1 aromatic carbocycles. The molecule has 100 valence electrons. The molecule has 2 rings (SSSR count). The number of halogens is 1. The molecule has 0 aliphatic carbocycles. The molecular weight excluding hydrogens is 294 g/mol. The van der Waals surface area contributed by atoms with Crippen molar-refractivity contribution in [3.8, 4) is 11.5 Å². The molecule has 1 heterocycles. The van der Waals surface area contributed by atoms with Crippen LogP contribution in [0.2, 0.25) is 0 Å². The van der Waals surface area contributed by atoms with Crippen LogP contribution in [-0.2, 0) is 5.54 Å². The molecule has 0 fully saturated rings. The highest BCUT2D eigenvalue weighted by Crippen LogP contribution is 2.46. The Kier molecular flexibility index (Phi) is 3.60. The van der Waals surface area contributed by atoms with Gasteiger partial charge in [0.05, 0.1) is 4.47 Å². The minimum Gasteiger partial charge on any atom is -0.486 e. The molecule has 18 heavy (non-hydrogen) atoms. The molecule has 0 spiro atoms. The summed E-state index contributed by atoms with van der Waals surface area (Å²) in [6, 6.07) is 2.02. The molecule has 0 aromatic heterocycles. The van der Waals surface area contributed by atoms with Crippen molar-refractivity contribution in [2.45, 2.75) is 39.2 Å². The summed E-state index contributed by atoms with van der Waals surface area (Å²) in [4.78, 5) is 0. The normalized spacial score (nSPS) is 15.1. The maximum Gasteiger partial charge on any atom is 0.175 e. The standard InChI is InChI=1S/C14H20BrNO2/c1-8(2)11-9(14(3,4)16)7-10-13(12(11)15)18-6-5-17-10/h7-8H,5-6,16H2,1-4H3. The Balaban J connectivity index is 2.69. The maximum atomic E-state index is 6.28.